The van der Waals surface area contributed by atoms with Crippen molar-refractivity contribution in [1.82, 2.24) is 10.3 Å². The van der Waals surface area contributed by atoms with Crippen LogP contribution in [0.25, 0.3) is 0 Å². The van der Waals surface area contributed by atoms with Crippen molar-refractivity contribution < 1.29 is 23.0 Å². The minimum absolute atomic E-state index is 0. The molecule has 0 saturated heterocycles. The van der Waals surface area contributed by atoms with E-state index in [4.69, 9.17) is 10.5 Å². The summed E-state index contributed by atoms with van der Waals surface area (Å²) in [7, 11) is 0. The smallest absolute Gasteiger partial charge is 0.387 e. The number of nitrogens with zero attached hydrogens (tertiary/aromatic N) is 1. The van der Waals surface area contributed by atoms with Gasteiger partial charge in [0.1, 0.15) is 22.2 Å². The van der Waals surface area contributed by atoms with Gasteiger partial charge >= 0.3 is 6.61 Å². The van der Waals surface area contributed by atoms with E-state index in [1.54, 1.807) is 17.5 Å². The average Bonchev–Trinajstić information content (AvgIpc) is 3.07. The van der Waals surface area contributed by atoms with Crippen LogP contribution in [-0.2, 0) is 13.1 Å². The molecule has 2 aromatic rings. The first-order valence-corrected chi connectivity index (χ1v) is 8.54. The lowest BCUT2D eigenvalue weighted by Gasteiger charge is -2.13. The highest BCUT2D eigenvalue weighted by Crippen LogP contribution is 2.27. The number of hydrogen-bond acceptors (Lipinski definition) is 6. The van der Waals surface area contributed by atoms with E-state index in [0.29, 0.717) is 22.9 Å². The monoisotopic (exact) mass is 407 g/mol. The van der Waals surface area contributed by atoms with Gasteiger partial charge in [-0.2, -0.15) is 8.78 Å². The van der Waals surface area contributed by atoms with E-state index in [-0.39, 0.29) is 36.9 Å². The molecule has 2 rings (SSSR count). The van der Waals surface area contributed by atoms with E-state index in [1.165, 1.54) is 17.4 Å². The fourth-order valence-electron chi connectivity index (χ4n) is 1.97. The molecule has 26 heavy (non-hydrogen) atoms. The Kier molecular flexibility index (Phi) is 9.25. The molecule has 0 aliphatic carbocycles. The molecule has 0 aliphatic heterocycles. The first-order valence-electron chi connectivity index (χ1n) is 7.66. The summed E-state index contributed by atoms with van der Waals surface area (Å²) in [6.45, 7) is -0.290. The summed E-state index contributed by atoms with van der Waals surface area (Å²) in [5.74, 6) is -0.0188. The van der Waals surface area contributed by atoms with Crippen molar-refractivity contribution >= 4 is 29.7 Å². The zero-order valence-electron chi connectivity index (χ0n) is 14.0. The van der Waals surface area contributed by atoms with Crippen molar-refractivity contribution in [2.45, 2.75) is 33.0 Å². The van der Waals surface area contributed by atoms with Crippen LogP contribution in [0, 0.1) is 0 Å². The van der Waals surface area contributed by atoms with Crippen molar-refractivity contribution in [3.8, 4) is 11.5 Å². The third-order valence-corrected chi connectivity index (χ3v) is 4.00. The third kappa shape index (κ3) is 6.40. The number of aromatic nitrogens is 1. The Morgan fingerprint density at radius 3 is 2.81 bits per heavy atom. The summed E-state index contributed by atoms with van der Waals surface area (Å²) in [4.78, 5) is 16.1. The summed E-state index contributed by atoms with van der Waals surface area (Å²) in [5.41, 5.74) is 6.11. The van der Waals surface area contributed by atoms with E-state index in [1.807, 2.05) is 6.92 Å². The van der Waals surface area contributed by atoms with Crippen LogP contribution in [0.3, 0.4) is 0 Å². The molecule has 1 amide bonds. The Labute approximate surface area is 160 Å². The lowest BCUT2D eigenvalue weighted by Crippen LogP contribution is -2.23. The summed E-state index contributed by atoms with van der Waals surface area (Å²) >= 11 is 1.28. The number of nitrogens with two attached hydrogens (primary N) is 1. The van der Waals surface area contributed by atoms with Crippen molar-refractivity contribution in [2.75, 3.05) is 6.61 Å². The lowest BCUT2D eigenvalue weighted by atomic mass is 10.2. The molecule has 1 aromatic carbocycles. The van der Waals surface area contributed by atoms with Gasteiger partial charge in [0.2, 0.25) is 0 Å². The number of thiazole rings is 1. The van der Waals surface area contributed by atoms with Crippen LogP contribution in [0.2, 0.25) is 0 Å². The lowest BCUT2D eigenvalue weighted by molar-refractivity contribution is -0.0505. The van der Waals surface area contributed by atoms with Crippen LogP contribution in [0.15, 0.2) is 23.6 Å². The van der Waals surface area contributed by atoms with Gasteiger partial charge in [0.15, 0.2) is 0 Å². The molecule has 1 heterocycles. The van der Waals surface area contributed by atoms with Gasteiger partial charge in [-0.15, -0.1) is 23.7 Å². The molecule has 0 radical (unpaired) electrons. The molecule has 3 N–H and O–H groups in total. The highest BCUT2D eigenvalue weighted by Gasteiger charge is 2.14. The predicted molar refractivity (Wildman–Crippen MR) is 97.3 cm³/mol. The second-order valence-electron chi connectivity index (χ2n) is 5.01. The quantitative estimate of drug-likeness (QED) is 0.665. The van der Waals surface area contributed by atoms with Gasteiger partial charge in [0, 0.05) is 30.1 Å². The average molecular weight is 408 g/mol. The normalized spacial score (nSPS) is 10.3. The van der Waals surface area contributed by atoms with Crippen molar-refractivity contribution in [3.05, 3.63) is 39.8 Å². The molecular weight excluding hydrogens is 388 g/mol. The Morgan fingerprint density at radius 1 is 1.42 bits per heavy atom. The zero-order valence-corrected chi connectivity index (χ0v) is 15.7. The largest absolute Gasteiger partial charge is 0.493 e. The van der Waals surface area contributed by atoms with Gasteiger partial charge in [-0.3, -0.25) is 4.79 Å². The molecule has 0 spiro atoms. The number of carbonyl (C=O) groups excluding carboxylic acids is 1. The Hall–Kier alpha value is -1.97. The first-order chi connectivity index (χ1) is 12.0. The van der Waals surface area contributed by atoms with Gasteiger partial charge in [-0.25, -0.2) is 4.98 Å². The van der Waals surface area contributed by atoms with E-state index in [0.717, 1.165) is 6.42 Å². The predicted octanol–water partition coefficient (Wildman–Crippen LogP) is 3.34. The Balaban J connectivity index is 0.00000338. The van der Waals surface area contributed by atoms with Crippen LogP contribution in [0.1, 0.15) is 34.4 Å². The molecule has 0 fully saturated rings. The van der Waals surface area contributed by atoms with E-state index >= 15 is 0 Å². The molecular formula is C16H20ClF2N3O3S. The molecule has 0 aliphatic rings. The van der Waals surface area contributed by atoms with Crippen LogP contribution in [0.5, 0.6) is 11.5 Å². The Bertz CT molecular complexity index is 716. The second kappa shape index (κ2) is 10.9. The number of benzene rings is 1. The molecule has 0 atom stereocenters. The molecule has 6 nitrogen and oxygen atoms in total. The number of rotatable bonds is 9. The number of hydrogen-bond donors (Lipinski definition) is 2. The zero-order chi connectivity index (χ0) is 18.2. The highest BCUT2D eigenvalue weighted by molar-refractivity contribution is 7.09. The summed E-state index contributed by atoms with van der Waals surface area (Å²) < 4.78 is 35.2. The van der Waals surface area contributed by atoms with Crippen LogP contribution < -0.4 is 20.5 Å². The molecule has 10 heteroatoms. The second-order valence-corrected chi connectivity index (χ2v) is 5.95. The van der Waals surface area contributed by atoms with Gasteiger partial charge < -0.3 is 20.5 Å². The maximum atomic E-state index is 12.6. The van der Waals surface area contributed by atoms with Gasteiger partial charge in [0.05, 0.1) is 6.61 Å². The highest BCUT2D eigenvalue weighted by atomic mass is 35.5. The van der Waals surface area contributed by atoms with Crippen molar-refractivity contribution in [1.29, 1.82) is 0 Å². The minimum atomic E-state index is -2.97. The number of alkyl halides is 2. The summed E-state index contributed by atoms with van der Waals surface area (Å²) in [6, 6.07) is 4.61. The number of halogens is 3. The van der Waals surface area contributed by atoms with Crippen LogP contribution in [-0.4, -0.2) is 24.1 Å². The molecule has 144 valence electrons. The molecule has 0 unspecified atom stereocenters. The summed E-state index contributed by atoms with van der Waals surface area (Å²) in [5, 5.41) is 4.86. The van der Waals surface area contributed by atoms with Gasteiger partial charge in [-0.1, -0.05) is 6.92 Å². The maximum absolute atomic E-state index is 12.6. The SMILES string of the molecule is CCCOc1ccc(CNC(=O)c2csc(CN)n2)c(OC(F)F)c1.Cl. The number of amides is 1. The standard InChI is InChI=1S/C16H19F2N3O3S.ClH/c1-2-5-23-11-4-3-10(13(6-11)24-16(17)18)8-20-15(22)12-9-25-14(7-19)21-12;/h3-4,6,9,16H,2,5,7-8,19H2,1H3,(H,20,22);1H. The summed E-state index contributed by atoms with van der Waals surface area (Å²) in [6.07, 6.45) is 0.793. The van der Waals surface area contributed by atoms with Crippen molar-refractivity contribution in [2.24, 2.45) is 5.73 Å². The van der Waals surface area contributed by atoms with Crippen LogP contribution >= 0.6 is 23.7 Å². The number of carbonyl (C=O) groups is 1. The molecule has 1 aromatic heterocycles. The van der Waals surface area contributed by atoms with E-state index in [2.05, 4.69) is 15.0 Å². The molecule has 0 bridgehead atoms. The number of nitrogens with one attached hydrogen (secondary N) is 1. The topological polar surface area (TPSA) is 86.5 Å². The third-order valence-electron chi connectivity index (χ3n) is 3.13. The van der Waals surface area contributed by atoms with Gasteiger partial charge in [-0.05, 0) is 18.6 Å². The number of ether oxygens (including phenoxy) is 2. The Morgan fingerprint density at radius 2 is 2.19 bits per heavy atom. The van der Waals surface area contributed by atoms with E-state index in [9.17, 15) is 13.6 Å². The van der Waals surface area contributed by atoms with Crippen molar-refractivity contribution in [3.63, 3.8) is 0 Å². The van der Waals surface area contributed by atoms with E-state index < -0.39 is 12.5 Å². The fraction of sp³-hybridized carbons (Fsp3) is 0.375. The maximum Gasteiger partial charge on any atom is 0.387 e. The fourth-order valence-corrected chi connectivity index (χ4v) is 2.63. The van der Waals surface area contributed by atoms with Crippen LogP contribution in [0.4, 0.5) is 8.78 Å². The minimum Gasteiger partial charge on any atom is -0.493 e. The first kappa shape index (κ1) is 22.1. The van der Waals surface area contributed by atoms with Gasteiger partial charge in [0.25, 0.3) is 5.91 Å². The molecule has 0 saturated carbocycles.